The lowest BCUT2D eigenvalue weighted by Crippen LogP contribution is -2.30. The zero-order valence-electron chi connectivity index (χ0n) is 11.2. The standard InChI is InChI=1S/C16H16ClF2N/c1-20-13(9-11-5-2-3-8-15(11)18)10-12-6-4-7-14(17)16(12)19/h2-8,13,20H,9-10H2,1H3. The van der Waals surface area contributed by atoms with Gasteiger partial charge in [-0.2, -0.15) is 0 Å². The summed E-state index contributed by atoms with van der Waals surface area (Å²) in [7, 11) is 1.79. The minimum Gasteiger partial charge on any atom is -0.316 e. The maximum Gasteiger partial charge on any atom is 0.145 e. The van der Waals surface area contributed by atoms with E-state index in [-0.39, 0.29) is 16.9 Å². The van der Waals surface area contributed by atoms with Crippen LogP contribution >= 0.6 is 11.6 Å². The molecule has 0 radical (unpaired) electrons. The second-order valence-electron chi connectivity index (χ2n) is 4.70. The Kier molecular flexibility index (Phi) is 5.10. The number of hydrogen-bond donors (Lipinski definition) is 1. The van der Waals surface area contributed by atoms with Crippen molar-refractivity contribution in [1.82, 2.24) is 5.32 Å². The Bertz CT molecular complexity index is 586. The molecule has 0 amide bonds. The molecule has 106 valence electrons. The molecular formula is C16H16ClF2N. The van der Waals surface area contributed by atoms with Gasteiger partial charge in [0, 0.05) is 6.04 Å². The Hall–Kier alpha value is -1.45. The smallest absolute Gasteiger partial charge is 0.145 e. The van der Waals surface area contributed by atoms with Crippen LogP contribution in [-0.4, -0.2) is 13.1 Å². The molecule has 0 aliphatic carbocycles. The van der Waals surface area contributed by atoms with Crippen LogP contribution in [0.25, 0.3) is 0 Å². The average molecular weight is 296 g/mol. The third kappa shape index (κ3) is 3.56. The first kappa shape index (κ1) is 14.9. The molecule has 0 fully saturated rings. The van der Waals surface area contributed by atoms with Gasteiger partial charge in [-0.1, -0.05) is 41.9 Å². The Morgan fingerprint density at radius 3 is 2.35 bits per heavy atom. The predicted octanol–water partition coefficient (Wildman–Crippen LogP) is 3.99. The molecule has 2 aromatic rings. The molecule has 0 spiro atoms. The first-order valence-electron chi connectivity index (χ1n) is 6.45. The summed E-state index contributed by atoms with van der Waals surface area (Å²) in [5.74, 6) is -0.637. The van der Waals surface area contributed by atoms with Crippen molar-refractivity contribution in [3.05, 3.63) is 70.2 Å². The predicted molar refractivity (Wildman–Crippen MR) is 78.1 cm³/mol. The lowest BCUT2D eigenvalue weighted by Gasteiger charge is -2.17. The van der Waals surface area contributed by atoms with Crippen LogP contribution in [-0.2, 0) is 12.8 Å². The van der Waals surface area contributed by atoms with E-state index in [4.69, 9.17) is 11.6 Å². The van der Waals surface area contributed by atoms with E-state index in [1.165, 1.54) is 12.1 Å². The summed E-state index contributed by atoms with van der Waals surface area (Å²) >= 11 is 5.77. The highest BCUT2D eigenvalue weighted by molar-refractivity contribution is 6.30. The second-order valence-corrected chi connectivity index (χ2v) is 5.11. The Labute approximate surface area is 122 Å². The van der Waals surface area contributed by atoms with Crippen LogP contribution in [0.5, 0.6) is 0 Å². The number of nitrogens with one attached hydrogen (secondary N) is 1. The summed E-state index contributed by atoms with van der Waals surface area (Å²) in [6.07, 6.45) is 0.951. The van der Waals surface area contributed by atoms with Gasteiger partial charge in [0.1, 0.15) is 11.6 Å². The molecule has 2 rings (SSSR count). The highest BCUT2D eigenvalue weighted by atomic mass is 35.5. The van der Waals surface area contributed by atoms with E-state index in [1.54, 1.807) is 37.4 Å². The Morgan fingerprint density at radius 2 is 1.65 bits per heavy atom. The fourth-order valence-electron chi connectivity index (χ4n) is 2.18. The van der Waals surface area contributed by atoms with Gasteiger partial charge in [0.15, 0.2) is 0 Å². The van der Waals surface area contributed by atoms with Gasteiger partial charge in [-0.3, -0.25) is 0 Å². The Morgan fingerprint density at radius 1 is 1.00 bits per heavy atom. The van der Waals surface area contributed by atoms with E-state index in [9.17, 15) is 8.78 Å². The minimum absolute atomic E-state index is 0.0557. The van der Waals surface area contributed by atoms with Crippen molar-refractivity contribution >= 4 is 11.6 Å². The molecule has 4 heteroatoms. The Balaban J connectivity index is 2.14. The van der Waals surface area contributed by atoms with Crippen LogP contribution in [0.4, 0.5) is 8.78 Å². The molecule has 0 aromatic heterocycles. The lowest BCUT2D eigenvalue weighted by atomic mass is 9.98. The summed E-state index contributed by atoms with van der Waals surface area (Å²) in [4.78, 5) is 0. The van der Waals surface area contributed by atoms with Crippen molar-refractivity contribution in [2.45, 2.75) is 18.9 Å². The molecule has 2 aromatic carbocycles. The van der Waals surface area contributed by atoms with Crippen LogP contribution in [0.1, 0.15) is 11.1 Å². The van der Waals surface area contributed by atoms with Crippen LogP contribution in [0.2, 0.25) is 5.02 Å². The lowest BCUT2D eigenvalue weighted by molar-refractivity contribution is 0.517. The zero-order chi connectivity index (χ0) is 14.5. The van der Waals surface area contributed by atoms with Crippen molar-refractivity contribution in [3.63, 3.8) is 0 Å². The molecule has 0 aliphatic heterocycles. The maximum absolute atomic E-state index is 13.9. The summed E-state index contributed by atoms with van der Waals surface area (Å²) in [6, 6.07) is 11.5. The van der Waals surface area contributed by atoms with Gasteiger partial charge in [0.2, 0.25) is 0 Å². The molecule has 0 aliphatic rings. The maximum atomic E-state index is 13.9. The van der Waals surface area contributed by atoms with Gasteiger partial charge in [-0.15, -0.1) is 0 Å². The van der Waals surface area contributed by atoms with Gasteiger partial charge >= 0.3 is 0 Å². The molecule has 0 heterocycles. The number of hydrogen-bond acceptors (Lipinski definition) is 1. The minimum atomic E-state index is -0.400. The number of halogens is 3. The van der Waals surface area contributed by atoms with E-state index in [0.29, 0.717) is 24.0 Å². The normalized spacial score (nSPS) is 12.4. The largest absolute Gasteiger partial charge is 0.316 e. The molecule has 0 saturated heterocycles. The highest BCUT2D eigenvalue weighted by Gasteiger charge is 2.14. The van der Waals surface area contributed by atoms with Gasteiger partial charge in [-0.25, -0.2) is 8.78 Å². The van der Waals surface area contributed by atoms with Crippen molar-refractivity contribution in [2.75, 3.05) is 7.05 Å². The first-order chi connectivity index (χ1) is 9.61. The van der Waals surface area contributed by atoms with Gasteiger partial charge in [0.25, 0.3) is 0 Å². The van der Waals surface area contributed by atoms with Crippen molar-refractivity contribution in [2.24, 2.45) is 0 Å². The average Bonchev–Trinajstić information content (AvgIpc) is 2.45. The molecule has 20 heavy (non-hydrogen) atoms. The number of benzene rings is 2. The summed E-state index contributed by atoms with van der Waals surface area (Å²) in [5.41, 5.74) is 1.16. The van der Waals surface area contributed by atoms with Crippen molar-refractivity contribution in [1.29, 1.82) is 0 Å². The second kappa shape index (κ2) is 6.82. The van der Waals surface area contributed by atoms with E-state index in [2.05, 4.69) is 5.32 Å². The van der Waals surface area contributed by atoms with Crippen LogP contribution in [0.3, 0.4) is 0 Å². The third-order valence-corrected chi connectivity index (χ3v) is 3.62. The SMILES string of the molecule is CNC(Cc1ccccc1F)Cc1cccc(Cl)c1F. The van der Waals surface area contributed by atoms with Crippen molar-refractivity contribution < 1.29 is 8.78 Å². The van der Waals surface area contributed by atoms with Crippen LogP contribution in [0, 0.1) is 11.6 Å². The fourth-order valence-corrected chi connectivity index (χ4v) is 2.37. The highest BCUT2D eigenvalue weighted by Crippen LogP contribution is 2.20. The monoisotopic (exact) mass is 295 g/mol. The zero-order valence-corrected chi connectivity index (χ0v) is 11.9. The molecule has 0 bridgehead atoms. The van der Waals surface area contributed by atoms with E-state index in [1.807, 2.05) is 0 Å². The molecular weight excluding hydrogens is 280 g/mol. The van der Waals surface area contributed by atoms with Gasteiger partial charge in [-0.05, 0) is 43.1 Å². The molecule has 1 nitrogen and oxygen atoms in total. The number of rotatable bonds is 5. The summed E-state index contributed by atoms with van der Waals surface area (Å²) in [5, 5.41) is 3.21. The quantitative estimate of drug-likeness (QED) is 0.879. The third-order valence-electron chi connectivity index (χ3n) is 3.33. The topological polar surface area (TPSA) is 12.0 Å². The molecule has 1 atom stereocenters. The molecule has 1 N–H and O–H groups in total. The van der Waals surface area contributed by atoms with Crippen LogP contribution in [0.15, 0.2) is 42.5 Å². The number of likely N-dealkylation sites (N-methyl/N-ethyl adjacent to an activating group) is 1. The first-order valence-corrected chi connectivity index (χ1v) is 6.83. The summed E-state index contributed by atoms with van der Waals surface area (Å²) < 4.78 is 27.5. The van der Waals surface area contributed by atoms with E-state index in [0.717, 1.165) is 0 Å². The van der Waals surface area contributed by atoms with Crippen molar-refractivity contribution in [3.8, 4) is 0 Å². The van der Waals surface area contributed by atoms with E-state index >= 15 is 0 Å². The van der Waals surface area contributed by atoms with Crippen LogP contribution < -0.4 is 5.32 Å². The summed E-state index contributed by atoms with van der Waals surface area (Å²) in [6.45, 7) is 0. The molecule has 0 saturated carbocycles. The fraction of sp³-hybridized carbons (Fsp3) is 0.250. The van der Waals surface area contributed by atoms with E-state index < -0.39 is 5.82 Å². The van der Waals surface area contributed by atoms with Gasteiger partial charge in [0.05, 0.1) is 5.02 Å². The molecule has 1 unspecified atom stereocenters. The van der Waals surface area contributed by atoms with Gasteiger partial charge < -0.3 is 5.32 Å².